The van der Waals surface area contributed by atoms with Crippen LogP contribution in [0.1, 0.15) is 52.9 Å². The van der Waals surface area contributed by atoms with E-state index in [9.17, 15) is 10.1 Å². The van der Waals surface area contributed by atoms with Gasteiger partial charge in [-0.05, 0) is 38.1 Å². The van der Waals surface area contributed by atoms with Crippen molar-refractivity contribution in [3.63, 3.8) is 0 Å². The minimum absolute atomic E-state index is 0.0616. The number of nitrogens with zero attached hydrogens (tertiary/aromatic N) is 3. The smallest absolute Gasteiger partial charge is 0.223 e. The highest BCUT2D eigenvalue weighted by molar-refractivity contribution is 5.76. The molecule has 1 aliphatic heterocycles. The van der Waals surface area contributed by atoms with Crippen LogP contribution in [0, 0.1) is 22.2 Å². The zero-order chi connectivity index (χ0) is 15.7. The van der Waals surface area contributed by atoms with Gasteiger partial charge in [-0.2, -0.15) is 5.26 Å². The van der Waals surface area contributed by atoms with Crippen LogP contribution in [0.2, 0.25) is 0 Å². The minimum Gasteiger partial charge on any atom is -0.343 e. The summed E-state index contributed by atoms with van der Waals surface area (Å²) in [6.45, 7) is 8.96. The molecule has 0 aromatic carbocycles. The zero-order valence-corrected chi connectivity index (χ0v) is 14.0. The zero-order valence-electron chi connectivity index (χ0n) is 14.0. The van der Waals surface area contributed by atoms with Crippen molar-refractivity contribution in [2.24, 2.45) is 10.8 Å². The number of carbonyl (C=O) groups excluding carboxylic acids is 1. The third-order valence-corrected chi connectivity index (χ3v) is 4.76. The maximum absolute atomic E-state index is 12.2. The second-order valence-electron chi connectivity index (χ2n) is 8.16. The molecule has 4 nitrogen and oxygen atoms in total. The SMILES string of the molecule is CN(CC1(C#N)CC1)C1CCN(C(=O)CC(C)(C)C)CC1. The first kappa shape index (κ1) is 16.3. The Kier molecular flexibility index (Phi) is 4.63. The number of amides is 1. The summed E-state index contributed by atoms with van der Waals surface area (Å²) in [6.07, 6.45) is 4.81. The predicted octanol–water partition coefficient (Wildman–Crippen LogP) is 2.65. The highest BCUT2D eigenvalue weighted by atomic mass is 16.2. The molecule has 1 amide bonds. The Labute approximate surface area is 129 Å². The molecule has 118 valence electrons. The van der Waals surface area contributed by atoms with Crippen molar-refractivity contribution in [1.82, 2.24) is 9.80 Å². The fourth-order valence-corrected chi connectivity index (χ4v) is 3.18. The van der Waals surface area contributed by atoms with Gasteiger partial charge in [-0.1, -0.05) is 20.8 Å². The van der Waals surface area contributed by atoms with Gasteiger partial charge in [-0.3, -0.25) is 4.79 Å². The van der Waals surface area contributed by atoms with Crippen molar-refractivity contribution in [3.8, 4) is 6.07 Å². The molecule has 0 atom stereocenters. The molecule has 0 spiro atoms. The first-order valence-corrected chi connectivity index (χ1v) is 8.14. The van der Waals surface area contributed by atoms with Crippen LogP contribution in [0.3, 0.4) is 0 Å². The van der Waals surface area contributed by atoms with E-state index in [-0.39, 0.29) is 10.8 Å². The molecule has 0 bridgehead atoms. The van der Waals surface area contributed by atoms with Crippen molar-refractivity contribution >= 4 is 5.91 Å². The fourth-order valence-electron chi connectivity index (χ4n) is 3.18. The van der Waals surface area contributed by atoms with Crippen molar-refractivity contribution in [3.05, 3.63) is 0 Å². The number of hydrogen-bond acceptors (Lipinski definition) is 3. The van der Waals surface area contributed by atoms with Gasteiger partial charge in [0.15, 0.2) is 0 Å². The van der Waals surface area contributed by atoms with E-state index in [1.807, 2.05) is 4.90 Å². The van der Waals surface area contributed by atoms with Gasteiger partial charge in [0.25, 0.3) is 0 Å². The van der Waals surface area contributed by atoms with Crippen molar-refractivity contribution in [2.45, 2.75) is 58.9 Å². The van der Waals surface area contributed by atoms with Gasteiger partial charge in [0.05, 0.1) is 11.5 Å². The molecule has 1 aliphatic carbocycles. The lowest BCUT2D eigenvalue weighted by molar-refractivity contribution is -0.134. The fraction of sp³-hybridized carbons (Fsp3) is 0.882. The Morgan fingerprint density at radius 2 is 1.90 bits per heavy atom. The quantitative estimate of drug-likeness (QED) is 0.800. The number of piperidine rings is 1. The predicted molar refractivity (Wildman–Crippen MR) is 83.6 cm³/mol. The molecule has 21 heavy (non-hydrogen) atoms. The topological polar surface area (TPSA) is 47.3 Å². The summed E-state index contributed by atoms with van der Waals surface area (Å²) in [4.78, 5) is 16.6. The molecule has 1 saturated heterocycles. The Bertz CT molecular complexity index is 420. The third-order valence-electron chi connectivity index (χ3n) is 4.76. The molecule has 4 heteroatoms. The van der Waals surface area contributed by atoms with E-state index in [4.69, 9.17) is 0 Å². The lowest BCUT2D eigenvalue weighted by atomic mass is 9.91. The van der Waals surface area contributed by atoms with Gasteiger partial charge >= 0.3 is 0 Å². The Morgan fingerprint density at radius 3 is 2.33 bits per heavy atom. The summed E-state index contributed by atoms with van der Waals surface area (Å²) in [7, 11) is 2.13. The lowest BCUT2D eigenvalue weighted by Gasteiger charge is -2.38. The molecule has 0 aromatic rings. The molecule has 0 N–H and O–H groups in total. The molecule has 0 unspecified atom stereocenters. The largest absolute Gasteiger partial charge is 0.343 e. The number of carbonyl (C=O) groups is 1. The van der Waals surface area contributed by atoms with Crippen LogP contribution < -0.4 is 0 Å². The van der Waals surface area contributed by atoms with E-state index in [2.05, 4.69) is 38.8 Å². The number of nitriles is 1. The Hall–Kier alpha value is -1.08. The maximum atomic E-state index is 12.2. The van der Waals surface area contributed by atoms with E-state index >= 15 is 0 Å². The van der Waals surface area contributed by atoms with Gasteiger partial charge in [0.2, 0.25) is 5.91 Å². The van der Waals surface area contributed by atoms with Gasteiger partial charge < -0.3 is 9.80 Å². The average Bonchev–Trinajstić information content (AvgIpc) is 3.17. The van der Waals surface area contributed by atoms with Crippen LogP contribution in [0.15, 0.2) is 0 Å². The van der Waals surface area contributed by atoms with E-state index in [1.165, 1.54) is 0 Å². The summed E-state index contributed by atoms with van der Waals surface area (Å²) in [6, 6.07) is 2.99. The summed E-state index contributed by atoms with van der Waals surface area (Å²) in [5.74, 6) is 0.291. The molecule has 2 aliphatic rings. The molecule has 0 radical (unpaired) electrons. The van der Waals surface area contributed by atoms with Crippen LogP contribution in [-0.4, -0.2) is 48.4 Å². The molecule has 1 saturated carbocycles. The van der Waals surface area contributed by atoms with Gasteiger partial charge in [-0.25, -0.2) is 0 Å². The number of rotatable bonds is 4. The lowest BCUT2D eigenvalue weighted by Crippen LogP contribution is -2.47. The molecular weight excluding hydrogens is 262 g/mol. The molecule has 1 heterocycles. The van der Waals surface area contributed by atoms with Gasteiger partial charge in [0, 0.05) is 32.1 Å². The summed E-state index contributed by atoms with van der Waals surface area (Å²) in [5, 5.41) is 9.20. The first-order chi connectivity index (χ1) is 9.75. The first-order valence-electron chi connectivity index (χ1n) is 8.14. The molecule has 2 rings (SSSR count). The van der Waals surface area contributed by atoms with Crippen LogP contribution >= 0.6 is 0 Å². The Balaban J connectivity index is 1.78. The molecule has 0 aromatic heterocycles. The second-order valence-corrected chi connectivity index (χ2v) is 8.16. The van der Waals surface area contributed by atoms with Crippen molar-refractivity contribution in [1.29, 1.82) is 5.26 Å². The van der Waals surface area contributed by atoms with Gasteiger partial charge in [-0.15, -0.1) is 0 Å². The maximum Gasteiger partial charge on any atom is 0.223 e. The summed E-state index contributed by atoms with van der Waals surface area (Å²) < 4.78 is 0. The number of hydrogen-bond donors (Lipinski definition) is 0. The monoisotopic (exact) mass is 291 g/mol. The van der Waals surface area contributed by atoms with E-state index in [0.29, 0.717) is 18.4 Å². The van der Waals surface area contributed by atoms with E-state index in [0.717, 1.165) is 45.3 Å². The third kappa shape index (κ3) is 4.44. The average molecular weight is 291 g/mol. The second kappa shape index (κ2) is 5.96. The minimum atomic E-state index is -0.0616. The van der Waals surface area contributed by atoms with Crippen molar-refractivity contribution < 1.29 is 4.79 Å². The van der Waals surface area contributed by atoms with Gasteiger partial charge in [0.1, 0.15) is 0 Å². The highest BCUT2D eigenvalue weighted by Gasteiger charge is 2.44. The van der Waals surface area contributed by atoms with Crippen LogP contribution in [0.4, 0.5) is 0 Å². The van der Waals surface area contributed by atoms with E-state index in [1.54, 1.807) is 0 Å². The standard InChI is InChI=1S/C17H29N3O/c1-16(2,3)11-15(21)20-9-5-14(6-10-20)19(4)13-17(12-18)7-8-17/h14H,5-11,13H2,1-4H3. The van der Waals surface area contributed by atoms with E-state index < -0.39 is 0 Å². The normalized spacial score (nSPS) is 22.2. The molecule has 2 fully saturated rings. The summed E-state index contributed by atoms with van der Waals surface area (Å²) in [5.41, 5.74) is 0.00378. The van der Waals surface area contributed by atoms with Crippen LogP contribution in [0.25, 0.3) is 0 Å². The highest BCUT2D eigenvalue weighted by Crippen LogP contribution is 2.45. The van der Waals surface area contributed by atoms with Crippen LogP contribution in [0.5, 0.6) is 0 Å². The van der Waals surface area contributed by atoms with Crippen molar-refractivity contribution in [2.75, 3.05) is 26.7 Å². The Morgan fingerprint density at radius 1 is 1.33 bits per heavy atom. The van der Waals surface area contributed by atoms with Crippen LogP contribution in [-0.2, 0) is 4.79 Å². The molecular formula is C17H29N3O. The number of likely N-dealkylation sites (tertiary alicyclic amines) is 1. The summed E-state index contributed by atoms with van der Waals surface area (Å²) >= 11 is 0.